The molecule has 0 spiro atoms. The maximum atomic E-state index is 6.17. The van der Waals surface area contributed by atoms with Crippen molar-refractivity contribution in [3.05, 3.63) is 5.69 Å². The topological polar surface area (TPSA) is 59.1 Å². The van der Waals surface area contributed by atoms with Crippen molar-refractivity contribution in [2.75, 3.05) is 31.2 Å². The molecule has 1 aliphatic carbocycles. The number of likely N-dealkylation sites (N-methyl/N-ethyl adjacent to an activating group) is 1. The maximum absolute atomic E-state index is 6.17. The third kappa shape index (κ3) is 3.45. The summed E-state index contributed by atoms with van der Waals surface area (Å²) in [6, 6.07) is 0.774. The van der Waals surface area contributed by atoms with Crippen LogP contribution in [0.2, 0.25) is 0 Å². The molecule has 0 amide bonds. The van der Waals surface area contributed by atoms with Gasteiger partial charge in [0.2, 0.25) is 0 Å². The summed E-state index contributed by atoms with van der Waals surface area (Å²) in [6.07, 6.45) is 7.50. The van der Waals surface area contributed by atoms with Gasteiger partial charge in [-0.1, -0.05) is 26.2 Å². The van der Waals surface area contributed by atoms with Gasteiger partial charge in [-0.15, -0.1) is 0 Å². The van der Waals surface area contributed by atoms with Crippen LogP contribution in [0.5, 0.6) is 0 Å². The van der Waals surface area contributed by atoms with E-state index in [1.165, 1.54) is 25.7 Å². The highest BCUT2D eigenvalue weighted by atomic mass is 15.3. The maximum Gasteiger partial charge on any atom is 0.147 e. The van der Waals surface area contributed by atoms with Crippen LogP contribution in [0.25, 0.3) is 0 Å². The Morgan fingerprint density at radius 3 is 2.75 bits per heavy atom. The summed E-state index contributed by atoms with van der Waals surface area (Å²) in [7, 11) is 4.19. The highest BCUT2D eigenvalue weighted by Crippen LogP contribution is 2.24. The fourth-order valence-electron chi connectivity index (χ4n) is 3.11. The lowest BCUT2D eigenvalue weighted by atomic mass is 10.2. The second kappa shape index (κ2) is 6.97. The summed E-state index contributed by atoms with van der Waals surface area (Å²) < 4.78 is 1.87. The van der Waals surface area contributed by atoms with Crippen molar-refractivity contribution in [2.45, 2.75) is 51.5 Å². The first-order valence-electron chi connectivity index (χ1n) is 7.89. The molecule has 5 heteroatoms. The van der Waals surface area contributed by atoms with E-state index < -0.39 is 0 Å². The number of nitrogen functional groups attached to an aromatic ring is 1. The van der Waals surface area contributed by atoms with Gasteiger partial charge >= 0.3 is 0 Å². The number of nitrogens with zero attached hydrogens (tertiary/aromatic N) is 3. The van der Waals surface area contributed by atoms with Gasteiger partial charge in [0.15, 0.2) is 0 Å². The molecular weight excluding hydrogens is 250 g/mol. The number of anilines is 2. The Morgan fingerprint density at radius 1 is 1.40 bits per heavy atom. The van der Waals surface area contributed by atoms with Crippen LogP contribution in [0.15, 0.2) is 0 Å². The van der Waals surface area contributed by atoms with E-state index in [9.17, 15) is 0 Å². The average Bonchev–Trinajstić information content (AvgIpc) is 3.03. The molecule has 20 heavy (non-hydrogen) atoms. The standard InChI is InChI=1S/C15H29N5/c1-4-7-13-14(16)15(20(3)18-13)17-10-11-19(2)12-8-5-6-9-12/h12,17H,4-11,16H2,1-3H3. The summed E-state index contributed by atoms with van der Waals surface area (Å²) in [5.74, 6) is 0.966. The molecule has 0 unspecified atom stereocenters. The molecule has 0 atom stereocenters. The van der Waals surface area contributed by atoms with E-state index in [4.69, 9.17) is 5.73 Å². The van der Waals surface area contributed by atoms with E-state index in [0.29, 0.717) is 0 Å². The molecule has 2 rings (SSSR count). The zero-order valence-corrected chi connectivity index (χ0v) is 13.2. The normalized spacial score (nSPS) is 16.2. The van der Waals surface area contributed by atoms with Crippen molar-refractivity contribution in [3.63, 3.8) is 0 Å². The van der Waals surface area contributed by atoms with Crippen LogP contribution >= 0.6 is 0 Å². The highest BCUT2D eigenvalue weighted by molar-refractivity contribution is 5.65. The van der Waals surface area contributed by atoms with Crippen molar-refractivity contribution < 1.29 is 0 Å². The van der Waals surface area contributed by atoms with Gasteiger partial charge in [0.1, 0.15) is 5.82 Å². The smallest absolute Gasteiger partial charge is 0.147 e. The third-order valence-corrected chi connectivity index (χ3v) is 4.35. The van der Waals surface area contributed by atoms with Crippen molar-refractivity contribution in [1.29, 1.82) is 0 Å². The fourth-order valence-corrected chi connectivity index (χ4v) is 3.11. The molecule has 3 N–H and O–H groups in total. The van der Waals surface area contributed by atoms with Gasteiger partial charge in [-0.2, -0.15) is 5.10 Å². The number of hydrogen-bond acceptors (Lipinski definition) is 4. The Labute approximate surface area is 122 Å². The van der Waals surface area contributed by atoms with Crippen LogP contribution in [0.4, 0.5) is 11.5 Å². The van der Waals surface area contributed by atoms with E-state index in [2.05, 4.69) is 29.3 Å². The molecule has 1 aromatic rings. The Morgan fingerprint density at radius 2 is 2.10 bits per heavy atom. The number of nitrogens with two attached hydrogens (primary N) is 1. The van der Waals surface area contributed by atoms with Crippen LogP contribution in [0, 0.1) is 0 Å². The highest BCUT2D eigenvalue weighted by Gasteiger charge is 2.19. The lowest BCUT2D eigenvalue weighted by Gasteiger charge is -2.24. The summed E-state index contributed by atoms with van der Waals surface area (Å²) in [5, 5.41) is 7.94. The summed E-state index contributed by atoms with van der Waals surface area (Å²) >= 11 is 0. The molecule has 1 heterocycles. The number of aromatic nitrogens is 2. The molecule has 5 nitrogen and oxygen atoms in total. The minimum absolute atomic E-state index is 0.774. The van der Waals surface area contributed by atoms with Crippen LogP contribution in [-0.2, 0) is 13.5 Å². The summed E-state index contributed by atoms with van der Waals surface area (Å²) in [6.45, 7) is 4.12. The van der Waals surface area contributed by atoms with E-state index in [-0.39, 0.29) is 0 Å². The van der Waals surface area contributed by atoms with Gasteiger partial charge in [0.05, 0.1) is 11.4 Å². The Balaban J connectivity index is 1.84. The molecule has 114 valence electrons. The van der Waals surface area contributed by atoms with Gasteiger partial charge in [-0.3, -0.25) is 4.68 Å². The molecule has 0 saturated heterocycles. The lowest BCUT2D eigenvalue weighted by Crippen LogP contribution is -2.33. The van der Waals surface area contributed by atoms with Gasteiger partial charge in [-0.25, -0.2) is 0 Å². The zero-order valence-electron chi connectivity index (χ0n) is 13.2. The van der Waals surface area contributed by atoms with Crippen LogP contribution < -0.4 is 11.1 Å². The summed E-state index contributed by atoms with van der Waals surface area (Å²) in [4.78, 5) is 2.47. The van der Waals surface area contributed by atoms with E-state index in [0.717, 1.165) is 49.2 Å². The Bertz CT molecular complexity index is 420. The molecule has 1 aromatic heterocycles. The largest absolute Gasteiger partial charge is 0.394 e. The van der Waals surface area contributed by atoms with E-state index in [1.807, 2.05) is 11.7 Å². The number of nitrogens with one attached hydrogen (secondary N) is 1. The van der Waals surface area contributed by atoms with Crippen molar-refractivity contribution in [2.24, 2.45) is 7.05 Å². The predicted octanol–water partition coefficient (Wildman–Crippen LogP) is 2.24. The molecule has 0 radical (unpaired) electrons. The van der Waals surface area contributed by atoms with E-state index >= 15 is 0 Å². The average molecular weight is 279 g/mol. The molecular formula is C15H29N5. The van der Waals surface area contributed by atoms with Gasteiger partial charge in [-0.05, 0) is 26.3 Å². The minimum Gasteiger partial charge on any atom is -0.394 e. The second-order valence-electron chi connectivity index (χ2n) is 5.93. The zero-order chi connectivity index (χ0) is 14.5. The molecule has 1 aliphatic rings. The number of rotatable bonds is 7. The van der Waals surface area contributed by atoms with Gasteiger partial charge < -0.3 is 16.0 Å². The van der Waals surface area contributed by atoms with Crippen molar-refractivity contribution >= 4 is 11.5 Å². The second-order valence-corrected chi connectivity index (χ2v) is 5.93. The molecule has 1 fully saturated rings. The minimum atomic E-state index is 0.774. The van der Waals surface area contributed by atoms with Crippen LogP contribution in [0.3, 0.4) is 0 Å². The third-order valence-electron chi connectivity index (χ3n) is 4.35. The number of aryl methyl sites for hydroxylation is 2. The number of hydrogen-bond donors (Lipinski definition) is 2. The molecule has 1 saturated carbocycles. The first kappa shape index (κ1) is 15.2. The van der Waals surface area contributed by atoms with Crippen molar-refractivity contribution in [3.8, 4) is 0 Å². The Kier molecular flexibility index (Phi) is 5.29. The van der Waals surface area contributed by atoms with Gasteiger partial charge in [0, 0.05) is 26.2 Å². The van der Waals surface area contributed by atoms with Gasteiger partial charge in [0.25, 0.3) is 0 Å². The fraction of sp³-hybridized carbons (Fsp3) is 0.800. The van der Waals surface area contributed by atoms with Crippen LogP contribution in [-0.4, -0.2) is 40.9 Å². The van der Waals surface area contributed by atoms with Crippen molar-refractivity contribution in [1.82, 2.24) is 14.7 Å². The first-order chi connectivity index (χ1) is 9.63. The SMILES string of the molecule is CCCc1nn(C)c(NCCN(C)C2CCCC2)c1N. The van der Waals surface area contributed by atoms with Crippen LogP contribution in [0.1, 0.15) is 44.7 Å². The van der Waals surface area contributed by atoms with E-state index in [1.54, 1.807) is 0 Å². The predicted molar refractivity (Wildman–Crippen MR) is 85.0 cm³/mol. The Hall–Kier alpha value is -1.23. The molecule has 0 aliphatic heterocycles. The monoisotopic (exact) mass is 279 g/mol. The molecule has 0 aromatic carbocycles. The summed E-state index contributed by atoms with van der Waals surface area (Å²) in [5.41, 5.74) is 8.00. The lowest BCUT2D eigenvalue weighted by molar-refractivity contribution is 0.254. The first-order valence-corrected chi connectivity index (χ1v) is 7.89. The molecule has 0 bridgehead atoms. The quantitative estimate of drug-likeness (QED) is 0.803.